The standard InChI is InChI=1S/C20H27N5/c1-5-9-17-14-18(21-12-13-24(3)4)25-20(22-17)19(15(2)23-25)16-10-7-6-8-11-16/h6-8,10-11,14,21H,5,9,12-13H2,1-4H3/p+1. The second-order valence-electron chi connectivity index (χ2n) is 6.83. The lowest BCUT2D eigenvalue weighted by Crippen LogP contribution is -3.06. The van der Waals surface area contributed by atoms with Crippen LogP contribution in [0, 0.1) is 6.92 Å². The van der Waals surface area contributed by atoms with Gasteiger partial charge < -0.3 is 10.2 Å². The van der Waals surface area contributed by atoms with Gasteiger partial charge in [0.25, 0.3) is 0 Å². The van der Waals surface area contributed by atoms with Crippen LogP contribution in [0.5, 0.6) is 0 Å². The van der Waals surface area contributed by atoms with Crippen LogP contribution in [0.3, 0.4) is 0 Å². The summed E-state index contributed by atoms with van der Waals surface area (Å²) >= 11 is 0. The zero-order valence-electron chi connectivity index (χ0n) is 15.6. The molecule has 0 saturated heterocycles. The van der Waals surface area contributed by atoms with Crippen LogP contribution in [0.2, 0.25) is 0 Å². The van der Waals surface area contributed by atoms with Gasteiger partial charge in [0.1, 0.15) is 5.82 Å². The third-order valence-electron chi connectivity index (χ3n) is 4.32. The van der Waals surface area contributed by atoms with Crippen molar-refractivity contribution in [3.05, 3.63) is 47.8 Å². The highest BCUT2D eigenvalue weighted by molar-refractivity contribution is 5.80. The average molecular weight is 338 g/mol. The largest absolute Gasteiger partial charge is 0.364 e. The maximum atomic E-state index is 4.92. The van der Waals surface area contributed by atoms with Crippen LogP contribution in [0.15, 0.2) is 36.4 Å². The number of benzene rings is 1. The highest BCUT2D eigenvalue weighted by atomic mass is 15.3. The number of quaternary nitrogens is 1. The summed E-state index contributed by atoms with van der Waals surface area (Å²) in [6.45, 7) is 6.21. The van der Waals surface area contributed by atoms with Gasteiger partial charge in [0.15, 0.2) is 5.65 Å². The van der Waals surface area contributed by atoms with E-state index >= 15 is 0 Å². The first-order chi connectivity index (χ1) is 12.1. The summed E-state index contributed by atoms with van der Waals surface area (Å²) < 4.78 is 1.96. The maximum Gasteiger partial charge on any atom is 0.165 e. The summed E-state index contributed by atoms with van der Waals surface area (Å²) in [5.74, 6) is 1.03. The quantitative estimate of drug-likeness (QED) is 0.694. The Morgan fingerprint density at radius 1 is 1.16 bits per heavy atom. The van der Waals surface area contributed by atoms with Crippen LogP contribution in [-0.2, 0) is 6.42 Å². The van der Waals surface area contributed by atoms with Gasteiger partial charge in [0.2, 0.25) is 0 Å². The van der Waals surface area contributed by atoms with Crippen LogP contribution >= 0.6 is 0 Å². The molecule has 1 aromatic carbocycles. The van der Waals surface area contributed by atoms with E-state index in [2.05, 4.69) is 63.6 Å². The molecule has 3 aromatic rings. The molecular weight excluding hydrogens is 310 g/mol. The van der Waals surface area contributed by atoms with Gasteiger partial charge >= 0.3 is 0 Å². The number of fused-ring (bicyclic) bond motifs is 1. The smallest absolute Gasteiger partial charge is 0.165 e. The summed E-state index contributed by atoms with van der Waals surface area (Å²) in [6.07, 6.45) is 2.06. The summed E-state index contributed by atoms with van der Waals surface area (Å²) in [6, 6.07) is 12.6. The summed E-state index contributed by atoms with van der Waals surface area (Å²) in [5.41, 5.74) is 5.36. The van der Waals surface area contributed by atoms with Crippen molar-refractivity contribution < 1.29 is 4.90 Å². The minimum atomic E-state index is 0.909. The zero-order valence-corrected chi connectivity index (χ0v) is 15.6. The number of nitrogens with one attached hydrogen (secondary N) is 2. The molecule has 0 aliphatic carbocycles. The first kappa shape index (κ1) is 17.4. The van der Waals surface area contributed by atoms with Crippen molar-refractivity contribution in [2.24, 2.45) is 0 Å². The molecule has 0 fully saturated rings. The van der Waals surface area contributed by atoms with Gasteiger partial charge in [0.05, 0.1) is 32.9 Å². The number of hydrogen-bond donors (Lipinski definition) is 2. The van der Waals surface area contributed by atoms with Crippen molar-refractivity contribution in [1.82, 2.24) is 14.6 Å². The number of aromatic nitrogens is 3. The topological polar surface area (TPSA) is 46.7 Å². The first-order valence-corrected chi connectivity index (χ1v) is 9.07. The molecule has 0 bridgehead atoms. The van der Waals surface area contributed by atoms with Crippen molar-refractivity contribution >= 4 is 11.5 Å². The van der Waals surface area contributed by atoms with Crippen LogP contribution in [0.1, 0.15) is 24.7 Å². The SMILES string of the molecule is CCCc1cc(NCC[NH+](C)C)n2nc(C)c(-c3ccccc3)c2n1. The van der Waals surface area contributed by atoms with E-state index in [1.54, 1.807) is 0 Å². The van der Waals surface area contributed by atoms with E-state index in [4.69, 9.17) is 10.1 Å². The molecule has 0 amide bonds. The minimum Gasteiger partial charge on any atom is -0.364 e. The van der Waals surface area contributed by atoms with Crippen molar-refractivity contribution in [1.29, 1.82) is 0 Å². The molecule has 0 spiro atoms. The second kappa shape index (κ2) is 7.66. The predicted molar refractivity (Wildman–Crippen MR) is 103 cm³/mol. The Bertz CT molecular complexity index is 836. The summed E-state index contributed by atoms with van der Waals surface area (Å²) in [4.78, 5) is 6.35. The molecule has 132 valence electrons. The lowest BCUT2D eigenvalue weighted by molar-refractivity contribution is -0.856. The third-order valence-corrected chi connectivity index (χ3v) is 4.32. The second-order valence-corrected chi connectivity index (χ2v) is 6.83. The highest BCUT2D eigenvalue weighted by Crippen LogP contribution is 2.29. The van der Waals surface area contributed by atoms with E-state index < -0.39 is 0 Å². The minimum absolute atomic E-state index is 0.909. The molecule has 2 N–H and O–H groups in total. The summed E-state index contributed by atoms with van der Waals surface area (Å²) in [7, 11) is 4.33. The monoisotopic (exact) mass is 338 g/mol. The van der Waals surface area contributed by atoms with E-state index in [0.29, 0.717) is 0 Å². The Hall–Kier alpha value is -2.40. The molecule has 2 heterocycles. The molecule has 0 unspecified atom stereocenters. The number of hydrogen-bond acceptors (Lipinski definition) is 3. The molecule has 0 aliphatic heterocycles. The Balaban J connectivity index is 2.09. The molecule has 0 radical (unpaired) electrons. The molecule has 5 nitrogen and oxygen atoms in total. The van der Waals surface area contributed by atoms with Gasteiger partial charge in [-0.25, -0.2) is 4.98 Å². The van der Waals surface area contributed by atoms with E-state index in [-0.39, 0.29) is 0 Å². The van der Waals surface area contributed by atoms with E-state index in [9.17, 15) is 0 Å². The highest BCUT2D eigenvalue weighted by Gasteiger charge is 2.16. The molecule has 5 heteroatoms. The van der Waals surface area contributed by atoms with Crippen LogP contribution in [-0.4, -0.2) is 41.8 Å². The predicted octanol–water partition coefficient (Wildman–Crippen LogP) is 2.21. The van der Waals surface area contributed by atoms with Crippen molar-refractivity contribution in [2.75, 3.05) is 32.5 Å². The van der Waals surface area contributed by atoms with Crippen LogP contribution in [0.4, 0.5) is 5.82 Å². The molecule has 0 atom stereocenters. The van der Waals surface area contributed by atoms with Crippen molar-refractivity contribution in [3.8, 4) is 11.1 Å². The molecule has 2 aromatic heterocycles. The molecule has 3 rings (SSSR count). The van der Waals surface area contributed by atoms with Gasteiger partial charge in [-0.05, 0) is 18.9 Å². The van der Waals surface area contributed by atoms with E-state index in [1.807, 2.05) is 10.6 Å². The van der Waals surface area contributed by atoms with Crippen LogP contribution < -0.4 is 10.2 Å². The van der Waals surface area contributed by atoms with Crippen molar-refractivity contribution in [3.63, 3.8) is 0 Å². The molecule has 0 saturated carbocycles. The Kier molecular flexibility index (Phi) is 5.34. The maximum absolute atomic E-state index is 4.92. The number of aryl methyl sites for hydroxylation is 2. The van der Waals surface area contributed by atoms with Gasteiger partial charge in [0, 0.05) is 17.3 Å². The number of rotatable bonds is 7. The van der Waals surface area contributed by atoms with E-state index in [1.165, 1.54) is 10.5 Å². The van der Waals surface area contributed by atoms with Gasteiger partial charge in [-0.2, -0.15) is 9.61 Å². The fraction of sp³-hybridized carbons (Fsp3) is 0.400. The lowest BCUT2D eigenvalue weighted by Gasteiger charge is -2.12. The van der Waals surface area contributed by atoms with Crippen LogP contribution in [0.25, 0.3) is 16.8 Å². The van der Waals surface area contributed by atoms with Crippen molar-refractivity contribution in [2.45, 2.75) is 26.7 Å². The van der Waals surface area contributed by atoms with Gasteiger partial charge in [-0.3, -0.25) is 0 Å². The first-order valence-electron chi connectivity index (χ1n) is 9.07. The Morgan fingerprint density at radius 2 is 1.92 bits per heavy atom. The fourth-order valence-electron chi connectivity index (χ4n) is 3.07. The summed E-state index contributed by atoms with van der Waals surface area (Å²) in [5, 5.41) is 8.32. The Labute approximate surface area is 149 Å². The molecular formula is C20H28N5+. The average Bonchev–Trinajstić information content (AvgIpc) is 2.92. The molecule has 0 aliphatic rings. The van der Waals surface area contributed by atoms with Gasteiger partial charge in [-0.1, -0.05) is 43.7 Å². The Morgan fingerprint density at radius 3 is 2.60 bits per heavy atom. The number of nitrogens with zero attached hydrogens (tertiary/aromatic N) is 3. The number of anilines is 1. The fourth-order valence-corrected chi connectivity index (χ4v) is 3.07. The molecule has 25 heavy (non-hydrogen) atoms. The van der Waals surface area contributed by atoms with E-state index in [0.717, 1.165) is 54.3 Å². The lowest BCUT2D eigenvalue weighted by atomic mass is 10.1. The van der Waals surface area contributed by atoms with Gasteiger partial charge in [-0.15, -0.1) is 0 Å². The number of likely N-dealkylation sites (N-methyl/N-ethyl adjacent to an activating group) is 1. The zero-order chi connectivity index (χ0) is 17.8. The third kappa shape index (κ3) is 3.82. The normalized spacial score (nSPS) is 11.4.